The van der Waals surface area contributed by atoms with E-state index < -0.39 is 0 Å². The van der Waals surface area contributed by atoms with Gasteiger partial charge in [-0.2, -0.15) is 15.0 Å². The Morgan fingerprint density at radius 1 is 1.19 bits per heavy atom. The first-order valence-corrected chi connectivity index (χ1v) is 7.69. The molecule has 1 aliphatic heterocycles. The molecule has 7 nitrogen and oxygen atoms in total. The molecule has 0 amide bonds. The third-order valence-corrected chi connectivity index (χ3v) is 3.56. The molecule has 0 atom stereocenters. The van der Waals surface area contributed by atoms with Crippen molar-refractivity contribution in [2.45, 2.75) is 26.2 Å². The fourth-order valence-corrected chi connectivity index (χ4v) is 2.33. The van der Waals surface area contributed by atoms with Gasteiger partial charge in [0.25, 0.3) is 0 Å². The molecule has 0 radical (unpaired) electrons. The van der Waals surface area contributed by atoms with Gasteiger partial charge in [-0.1, -0.05) is 0 Å². The van der Waals surface area contributed by atoms with Crippen LogP contribution in [0.25, 0.3) is 0 Å². The minimum Gasteiger partial charge on any atom is -0.383 e. The van der Waals surface area contributed by atoms with Gasteiger partial charge in [0.15, 0.2) is 0 Å². The number of likely N-dealkylation sites (N-methyl/N-ethyl adjacent to an activating group) is 1. The van der Waals surface area contributed by atoms with Crippen molar-refractivity contribution < 1.29 is 4.74 Å². The van der Waals surface area contributed by atoms with E-state index >= 15 is 0 Å². The van der Waals surface area contributed by atoms with Crippen molar-refractivity contribution >= 4 is 17.8 Å². The second-order valence-corrected chi connectivity index (χ2v) is 5.25. The predicted octanol–water partition coefficient (Wildman–Crippen LogP) is 1.38. The third-order valence-electron chi connectivity index (χ3n) is 3.56. The van der Waals surface area contributed by atoms with E-state index in [2.05, 4.69) is 25.2 Å². The zero-order chi connectivity index (χ0) is 15.1. The lowest BCUT2D eigenvalue weighted by Crippen LogP contribution is -2.32. The first-order chi connectivity index (χ1) is 10.2. The van der Waals surface area contributed by atoms with Gasteiger partial charge in [0.05, 0.1) is 6.61 Å². The molecule has 1 aromatic heterocycles. The standard InChI is InChI=1S/C14H26N6O/c1-4-15-12-16-13(19(2)10-11-21-3)18-14(17-12)20-8-6-5-7-9-20/h4-11H2,1-3H3,(H,15,16,17,18). The Bertz CT molecular complexity index is 435. The molecule has 0 spiro atoms. The van der Waals surface area contributed by atoms with Gasteiger partial charge in [-0.15, -0.1) is 0 Å². The van der Waals surface area contributed by atoms with Crippen LogP contribution in [-0.2, 0) is 4.74 Å². The van der Waals surface area contributed by atoms with Crippen molar-refractivity contribution in [1.29, 1.82) is 0 Å². The van der Waals surface area contributed by atoms with Crippen LogP contribution in [0.5, 0.6) is 0 Å². The van der Waals surface area contributed by atoms with E-state index in [4.69, 9.17) is 4.74 Å². The van der Waals surface area contributed by atoms with Gasteiger partial charge >= 0.3 is 0 Å². The smallest absolute Gasteiger partial charge is 0.231 e. The summed E-state index contributed by atoms with van der Waals surface area (Å²) in [4.78, 5) is 17.9. The monoisotopic (exact) mass is 294 g/mol. The van der Waals surface area contributed by atoms with Gasteiger partial charge in [-0.25, -0.2) is 0 Å². The molecular formula is C14H26N6O. The summed E-state index contributed by atoms with van der Waals surface area (Å²) in [6.45, 7) is 6.29. The minimum absolute atomic E-state index is 0.646. The van der Waals surface area contributed by atoms with Crippen LogP contribution in [0.2, 0.25) is 0 Å². The number of ether oxygens (including phenoxy) is 1. The SMILES string of the molecule is CCNc1nc(N(C)CCOC)nc(N2CCCCC2)n1. The number of piperidine rings is 1. The van der Waals surface area contributed by atoms with Crippen LogP contribution in [0.4, 0.5) is 17.8 Å². The molecule has 0 aromatic carbocycles. The number of anilines is 3. The fraction of sp³-hybridized carbons (Fsp3) is 0.786. The van der Waals surface area contributed by atoms with E-state index in [1.165, 1.54) is 19.3 Å². The van der Waals surface area contributed by atoms with Crippen molar-refractivity contribution in [2.24, 2.45) is 0 Å². The molecule has 1 fully saturated rings. The average molecular weight is 294 g/mol. The van der Waals surface area contributed by atoms with Gasteiger partial charge in [-0.05, 0) is 26.2 Å². The normalized spacial score (nSPS) is 15.1. The quantitative estimate of drug-likeness (QED) is 0.814. The lowest BCUT2D eigenvalue weighted by molar-refractivity contribution is 0.206. The number of hydrogen-bond acceptors (Lipinski definition) is 7. The number of nitrogens with one attached hydrogen (secondary N) is 1. The molecule has 1 aromatic rings. The van der Waals surface area contributed by atoms with Crippen LogP contribution in [0, 0.1) is 0 Å². The Kier molecular flexibility index (Phi) is 5.98. The Morgan fingerprint density at radius 2 is 1.95 bits per heavy atom. The van der Waals surface area contributed by atoms with Crippen LogP contribution in [0.3, 0.4) is 0 Å². The Balaban J connectivity index is 2.20. The number of aromatic nitrogens is 3. The highest BCUT2D eigenvalue weighted by molar-refractivity contribution is 5.45. The molecule has 118 valence electrons. The zero-order valence-corrected chi connectivity index (χ0v) is 13.3. The summed E-state index contributed by atoms with van der Waals surface area (Å²) in [6, 6.07) is 0. The second-order valence-electron chi connectivity index (χ2n) is 5.25. The molecule has 1 saturated heterocycles. The highest BCUT2D eigenvalue weighted by Crippen LogP contribution is 2.19. The van der Waals surface area contributed by atoms with Crippen LogP contribution in [0.15, 0.2) is 0 Å². The molecular weight excluding hydrogens is 268 g/mol. The maximum absolute atomic E-state index is 5.12. The van der Waals surface area contributed by atoms with Crippen molar-refractivity contribution in [3.8, 4) is 0 Å². The molecule has 0 saturated carbocycles. The molecule has 1 N–H and O–H groups in total. The Labute approximate surface area is 126 Å². The lowest BCUT2D eigenvalue weighted by atomic mass is 10.1. The molecule has 2 heterocycles. The maximum atomic E-state index is 5.12. The lowest BCUT2D eigenvalue weighted by Gasteiger charge is -2.27. The van der Waals surface area contributed by atoms with Gasteiger partial charge in [0.1, 0.15) is 0 Å². The van der Waals surface area contributed by atoms with E-state index in [1.807, 2.05) is 18.9 Å². The van der Waals surface area contributed by atoms with E-state index in [9.17, 15) is 0 Å². The number of methoxy groups -OCH3 is 1. The first kappa shape index (κ1) is 15.8. The van der Waals surface area contributed by atoms with Crippen LogP contribution in [0.1, 0.15) is 26.2 Å². The molecule has 0 unspecified atom stereocenters. The summed E-state index contributed by atoms with van der Waals surface area (Å²) in [5.41, 5.74) is 0. The number of hydrogen-bond donors (Lipinski definition) is 1. The predicted molar refractivity (Wildman–Crippen MR) is 85.2 cm³/mol. The van der Waals surface area contributed by atoms with Crippen molar-refractivity contribution in [3.63, 3.8) is 0 Å². The van der Waals surface area contributed by atoms with Crippen LogP contribution < -0.4 is 15.1 Å². The van der Waals surface area contributed by atoms with E-state index in [0.717, 1.165) is 32.1 Å². The van der Waals surface area contributed by atoms with E-state index in [1.54, 1.807) is 7.11 Å². The highest BCUT2D eigenvalue weighted by atomic mass is 16.5. The van der Waals surface area contributed by atoms with Gasteiger partial charge in [0.2, 0.25) is 17.8 Å². The van der Waals surface area contributed by atoms with Gasteiger partial charge in [0, 0.05) is 40.3 Å². The first-order valence-electron chi connectivity index (χ1n) is 7.69. The summed E-state index contributed by atoms with van der Waals surface area (Å²) in [6.07, 6.45) is 3.70. The third kappa shape index (κ3) is 4.42. The Morgan fingerprint density at radius 3 is 2.62 bits per heavy atom. The summed E-state index contributed by atoms with van der Waals surface area (Å²) in [5.74, 6) is 2.12. The molecule has 21 heavy (non-hydrogen) atoms. The van der Waals surface area contributed by atoms with Crippen LogP contribution in [-0.4, -0.2) is 61.9 Å². The van der Waals surface area contributed by atoms with Crippen LogP contribution >= 0.6 is 0 Å². The number of rotatable bonds is 7. The average Bonchev–Trinajstić information content (AvgIpc) is 2.53. The van der Waals surface area contributed by atoms with Crippen molar-refractivity contribution in [2.75, 3.05) is 62.1 Å². The topological polar surface area (TPSA) is 66.4 Å². The molecule has 2 rings (SSSR count). The molecule has 7 heteroatoms. The van der Waals surface area contributed by atoms with E-state index in [-0.39, 0.29) is 0 Å². The minimum atomic E-state index is 0.646. The zero-order valence-electron chi connectivity index (χ0n) is 13.3. The Hall–Kier alpha value is -1.63. The van der Waals surface area contributed by atoms with Gasteiger partial charge < -0.3 is 19.9 Å². The van der Waals surface area contributed by atoms with Crippen molar-refractivity contribution in [1.82, 2.24) is 15.0 Å². The highest BCUT2D eigenvalue weighted by Gasteiger charge is 2.17. The summed E-state index contributed by atoms with van der Waals surface area (Å²) in [5, 5.41) is 3.19. The van der Waals surface area contributed by atoms with Gasteiger partial charge in [-0.3, -0.25) is 0 Å². The number of nitrogens with zero attached hydrogens (tertiary/aromatic N) is 5. The summed E-state index contributed by atoms with van der Waals surface area (Å²) >= 11 is 0. The fourth-order valence-electron chi connectivity index (χ4n) is 2.33. The van der Waals surface area contributed by atoms with E-state index in [0.29, 0.717) is 18.5 Å². The molecule has 1 aliphatic rings. The summed E-state index contributed by atoms with van der Waals surface area (Å²) < 4.78 is 5.12. The largest absolute Gasteiger partial charge is 0.383 e. The van der Waals surface area contributed by atoms with Crippen molar-refractivity contribution in [3.05, 3.63) is 0 Å². The molecule has 0 aliphatic carbocycles. The molecule has 0 bridgehead atoms. The maximum Gasteiger partial charge on any atom is 0.231 e. The summed E-state index contributed by atoms with van der Waals surface area (Å²) in [7, 11) is 3.68. The second kappa shape index (κ2) is 7.97.